The normalized spacial score (nSPS) is 11.8. The molecule has 3 heterocycles. The zero-order valence-electron chi connectivity index (χ0n) is 25.7. The van der Waals surface area contributed by atoms with Crippen LogP contribution in [0.15, 0.2) is 162 Å². The zero-order valence-corrected chi connectivity index (χ0v) is 25.7. The second-order valence-electron chi connectivity index (χ2n) is 12.0. The van der Waals surface area contributed by atoms with Crippen LogP contribution in [0.3, 0.4) is 0 Å². The molecule has 5 heteroatoms. The Labute approximate surface area is 275 Å². The molecule has 0 aliphatic heterocycles. The van der Waals surface area contributed by atoms with Gasteiger partial charge in [-0.05, 0) is 47.2 Å². The molecule has 5 nitrogen and oxygen atoms in total. The molecule has 0 aliphatic carbocycles. The van der Waals surface area contributed by atoms with Crippen LogP contribution in [0.25, 0.3) is 94.4 Å². The minimum Gasteiger partial charge on any atom is -0.454 e. The number of aromatic nitrogens is 4. The molecule has 224 valence electrons. The number of benzene rings is 7. The van der Waals surface area contributed by atoms with Crippen molar-refractivity contribution in [2.24, 2.45) is 0 Å². The van der Waals surface area contributed by atoms with Crippen molar-refractivity contribution in [2.75, 3.05) is 0 Å². The van der Waals surface area contributed by atoms with Gasteiger partial charge in [0.2, 0.25) is 0 Å². The predicted molar refractivity (Wildman–Crippen MR) is 195 cm³/mol. The van der Waals surface area contributed by atoms with Gasteiger partial charge in [0.1, 0.15) is 5.58 Å². The molecule has 7 aromatic carbocycles. The maximum atomic E-state index is 6.76. The van der Waals surface area contributed by atoms with Crippen molar-refractivity contribution in [1.82, 2.24) is 19.5 Å². The van der Waals surface area contributed by atoms with Gasteiger partial charge in [-0.2, -0.15) is 0 Å². The second-order valence-corrected chi connectivity index (χ2v) is 12.0. The van der Waals surface area contributed by atoms with Gasteiger partial charge in [-0.1, -0.05) is 121 Å². The molecule has 0 amide bonds. The molecule has 0 spiro atoms. The van der Waals surface area contributed by atoms with E-state index in [1.807, 2.05) is 66.7 Å². The number of furan rings is 1. The number of hydrogen-bond acceptors (Lipinski definition) is 4. The molecule has 10 aromatic rings. The Morgan fingerprint density at radius 1 is 0.417 bits per heavy atom. The second kappa shape index (κ2) is 10.5. The maximum absolute atomic E-state index is 6.76. The first-order valence-electron chi connectivity index (χ1n) is 16.0. The molecule has 0 bridgehead atoms. The third-order valence-corrected chi connectivity index (χ3v) is 9.22. The van der Waals surface area contributed by atoms with Crippen molar-refractivity contribution >= 4 is 54.5 Å². The molecule has 48 heavy (non-hydrogen) atoms. The van der Waals surface area contributed by atoms with Crippen molar-refractivity contribution in [2.45, 2.75) is 0 Å². The van der Waals surface area contributed by atoms with Crippen molar-refractivity contribution in [3.05, 3.63) is 158 Å². The fourth-order valence-electron chi connectivity index (χ4n) is 7.10. The van der Waals surface area contributed by atoms with Gasteiger partial charge in [-0.25, -0.2) is 15.0 Å². The van der Waals surface area contributed by atoms with Crippen LogP contribution >= 0.6 is 0 Å². The van der Waals surface area contributed by atoms with Gasteiger partial charge >= 0.3 is 0 Å². The van der Waals surface area contributed by atoms with E-state index >= 15 is 0 Å². The summed E-state index contributed by atoms with van der Waals surface area (Å²) in [6, 6.07) is 54.2. The first kappa shape index (κ1) is 26.6. The summed E-state index contributed by atoms with van der Waals surface area (Å²) >= 11 is 0. The van der Waals surface area contributed by atoms with Crippen LogP contribution in [0.2, 0.25) is 0 Å². The quantitative estimate of drug-likeness (QED) is 0.198. The van der Waals surface area contributed by atoms with Crippen LogP contribution in [0.4, 0.5) is 0 Å². The molecule has 0 unspecified atom stereocenters. The predicted octanol–water partition coefficient (Wildman–Crippen LogP) is 11.0. The van der Waals surface area contributed by atoms with E-state index in [1.165, 1.54) is 10.8 Å². The largest absolute Gasteiger partial charge is 0.454 e. The number of rotatable bonds is 4. The Morgan fingerprint density at radius 2 is 0.938 bits per heavy atom. The Kier molecular flexibility index (Phi) is 5.81. The SMILES string of the molecule is c1ccc(-c2nc(-c3ccccc3)nc(-c3ccc4c(c3)c3c5ccccc5c5c6ccccc6oc5c3n4-c3ccccc3)n2)cc1. The molecule has 0 fully saturated rings. The van der Waals surface area contributed by atoms with Crippen molar-refractivity contribution in [1.29, 1.82) is 0 Å². The van der Waals surface area contributed by atoms with E-state index in [0.717, 1.165) is 66.1 Å². The molecule has 0 aliphatic rings. The summed E-state index contributed by atoms with van der Waals surface area (Å²) < 4.78 is 9.09. The molecule has 0 N–H and O–H groups in total. The highest BCUT2D eigenvalue weighted by molar-refractivity contribution is 6.35. The number of nitrogens with zero attached hydrogens (tertiary/aromatic N) is 4. The highest BCUT2D eigenvalue weighted by Crippen LogP contribution is 2.46. The summed E-state index contributed by atoms with van der Waals surface area (Å²) in [6.45, 7) is 0. The van der Waals surface area contributed by atoms with E-state index in [2.05, 4.69) is 95.6 Å². The van der Waals surface area contributed by atoms with Crippen LogP contribution < -0.4 is 0 Å². The van der Waals surface area contributed by atoms with Crippen LogP contribution in [0.5, 0.6) is 0 Å². The van der Waals surface area contributed by atoms with Gasteiger partial charge in [0.15, 0.2) is 23.1 Å². The van der Waals surface area contributed by atoms with E-state index < -0.39 is 0 Å². The van der Waals surface area contributed by atoms with Crippen LogP contribution in [0, 0.1) is 0 Å². The van der Waals surface area contributed by atoms with Gasteiger partial charge in [0.25, 0.3) is 0 Å². The Morgan fingerprint density at radius 3 is 1.58 bits per heavy atom. The zero-order chi connectivity index (χ0) is 31.6. The topological polar surface area (TPSA) is 56.7 Å². The molecule has 0 saturated heterocycles. The lowest BCUT2D eigenvalue weighted by molar-refractivity contribution is 0.671. The van der Waals surface area contributed by atoms with Crippen LogP contribution in [0.1, 0.15) is 0 Å². The Bertz CT molecular complexity index is 2760. The maximum Gasteiger partial charge on any atom is 0.164 e. The summed E-state index contributed by atoms with van der Waals surface area (Å²) in [5, 5.41) is 6.83. The highest BCUT2D eigenvalue weighted by Gasteiger charge is 2.23. The lowest BCUT2D eigenvalue weighted by atomic mass is 9.98. The minimum absolute atomic E-state index is 0.624. The molecule has 3 aromatic heterocycles. The Balaban J connectivity index is 1.33. The molecule has 0 atom stereocenters. The summed E-state index contributed by atoms with van der Waals surface area (Å²) in [6.07, 6.45) is 0. The fourth-order valence-corrected chi connectivity index (χ4v) is 7.10. The summed E-state index contributed by atoms with van der Waals surface area (Å²) in [5.41, 5.74) is 7.76. The molecule has 0 saturated carbocycles. The monoisotopic (exact) mass is 614 g/mol. The van der Waals surface area contributed by atoms with Crippen molar-refractivity contribution in [3.8, 4) is 39.9 Å². The van der Waals surface area contributed by atoms with Gasteiger partial charge in [-0.3, -0.25) is 0 Å². The van der Waals surface area contributed by atoms with E-state index in [0.29, 0.717) is 17.5 Å². The number of para-hydroxylation sites is 2. The number of hydrogen-bond donors (Lipinski definition) is 0. The van der Waals surface area contributed by atoms with Crippen molar-refractivity contribution < 1.29 is 4.42 Å². The van der Waals surface area contributed by atoms with E-state index in [1.54, 1.807) is 0 Å². The lowest BCUT2D eigenvalue weighted by Gasteiger charge is -2.10. The lowest BCUT2D eigenvalue weighted by Crippen LogP contribution is -2.00. The van der Waals surface area contributed by atoms with Gasteiger partial charge in [-0.15, -0.1) is 0 Å². The van der Waals surface area contributed by atoms with Gasteiger partial charge < -0.3 is 8.98 Å². The van der Waals surface area contributed by atoms with Crippen molar-refractivity contribution in [3.63, 3.8) is 0 Å². The van der Waals surface area contributed by atoms with E-state index in [9.17, 15) is 0 Å². The third kappa shape index (κ3) is 4.01. The first-order chi connectivity index (χ1) is 23.8. The summed E-state index contributed by atoms with van der Waals surface area (Å²) in [7, 11) is 0. The average molecular weight is 615 g/mol. The van der Waals surface area contributed by atoms with Crippen LogP contribution in [-0.4, -0.2) is 19.5 Å². The third-order valence-electron chi connectivity index (χ3n) is 9.22. The fraction of sp³-hybridized carbons (Fsp3) is 0. The molecular formula is C43H26N4O. The van der Waals surface area contributed by atoms with Gasteiger partial charge in [0, 0.05) is 43.9 Å². The Hall–Kier alpha value is -6.59. The molecule has 10 rings (SSSR count). The van der Waals surface area contributed by atoms with E-state index in [-0.39, 0.29) is 0 Å². The standard InChI is InChI=1S/C43H26N4O/c1-4-14-27(15-5-1)41-44-42(28-16-6-2-7-17-28)46-43(45-41)29-24-25-35-34(26-29)37-31-20-10-11-21-32(31)38-33-22-12-13-23-36(33)48-40(38)39(37)47(35)30-18-8-3-9-19-30/h1-26H. The smallest absolute Gasteiger partial charge is 0.164 e. The summed E-state index contributed by atoms with van der Waals surface area (Å²) in [5.74, 6) is 1.90. The van der Waals surface area contributed by atoms with Crippen LogP contribution in [-0.2, 0) is 0 Å². The number of fused-ring (bicyclic) bond motifs is 10. The average Bonchev–Trinajstić information content (AvgIpc) is 3.72. The van der Waals surface area contributed by atoms with Gasteiger partial charge in [0.05, 0.1) is 11.0 Å². The molecular weight excluding hydrogens is 589 g/mol. The summed E-state index contributed by atoms with van der Waals surface area (Å²) in [4.78, 5) is 15.0. The molecule has 0 radical (unpaired) electrons. The first-order valence-corrected chi connectivity index (χ1v) is 16.0. The minimum atomic E-state index is 0.624. The van der Waals surface area contributed by atoms with E-state index in [4.69, 9.17) is 19.4 Å². The highest BCUT2D eigenvalue weighted by atomic mass is 16.3.